The number of likely N-dealkylation sites (tertiary alicyclic amines) is 1. The predicted octanol–water partition coefficient (Wildman–Crippen LogP) is 5.41. The molecule has 1 saturated heterocycles. The molecule has 0 N–H and O–H groups in total. The molecule has 0 atom stereocenters. The van der Waals surface area contributed by atoms with Crippen LogP contribution in [0.25, 0.3) is 16.7 Å². The van der Waals surface area contributed by atoms with Crippen molar-refractivity contribution in [1.29, 1.82) is 0 Å². The fourth-order valence-corrected chi connectivity index (χ4v) is 4.32. The highest BCUT2D eigenvalue weighted by molar-refractivity contribution is 6.32. The fourth-order valence-electron chi connectivity index (χ4n) is 4.12. The minimum Gasteiger partial charge on any atom is -0.478 e. The van der Waals surface area contributed by atoms with Crippen molar-refractivity contribution in [1.82, 2.24) is 19.4 Å². The summed E-state index contributed by atoms with van der Waals surface area (Å²) in [5.41, 5.74) is 2.67. The van der Waals surface area contributed by atoms with E-state index in [2.05, 4.69) is 21.9 Å². The van der Waals surface area contributed by atoms with E-state index in [9.17, 15) is 4.39 Å². The summed E-state index contributed by atoms with van der Waals surface area (Å²) in [6.07, 6.45) is 9.32. The monoisotopic (exact) mass is 430 g/mol. The summed E-state index contributed by atoms with van der Waals surface area (Å²) in [7, 11) is 2.20. The summed E-state index contributed by atoms with van der Waals surface area (Å²) >= 11 is 6.39. The zero-order valence-corrected chi connectivity index (χ0v) is 18.3. The molecule has 0 amide bonds. The summed E-state index contributed by atoms with van der Waals surface area (Å²) in [5, 5.41) is 0.492. The average molecular weight is 431 g/mol. The van der Waals surface area contributed by atoms with Gasteiger partial charge in [-0.3, -0.25) is 4.57 Å². The molecule has 0 aliphatic carbocycles. The first-order valence-electron chi connectivity index (χ1n) is 10.6. The van der Waals surface area contributed by atoms with E-state index >= 15 is 0 Å². The summed E-state index contributed by atoms with van der Waals surface area (Å²) in [4.78, 5) is 11.1. The predicted molar refractivity (Wildman–Crippen MR) is 118 cm³/mol. The Morgan fingerprint density at radius 2 is 2.00 bits per heavy atom. The van der Waals surface area contributed by atoms with E-state index in [0.29, 0.717) is 28.6 Å². The maximum absolute atomic E-state index is 13.8. The third-order valence-corrected chi connectivity index (χ3v) is 6.36. The van der Waals surface area contributed by atoms with Crippen molar-refractivity contribution in [3.63, 3.8) is 0 Å². The first-order valence-corrected chi connectivity index (χ1v) is 11.0. The molecular weight excluding hydrogens is 403 g/mol. The third kappa shape index (κ3) is 4.60. The van der Waals surface area contributed by atoms with Gasteiger partial charge in [-0.15, -0.1) is 0 Å². The van der Waals surface area contributed by atoms with Crippen molar-refractivity contribution < 1.29 is 9.13 Å². The molecule has 4 rings (SSSR count). The largest absolute Gasteiger partial charge is 0.478 e. The van der Waals surface area contributed by atoms with Crippen molar-refractivity contribution in [3.8, 4) is 11.6 Å². The van der Waals surface area contributed by atoms with Crippen molar-refractivity contribution in [2.24, 2.45) is 5.92 Å². The number of fused-ring (bicyclic) bond motifs is 1. The van der Waals surface area contributed by atoms with Crippen molar-refractivity contribution >= 4 is 22.6 Å². The van der Waals surface area contributed by atoms with Crippen LogP contribution in [0.5, 0.6) is 5.88 Å². The number of hydrogen-bond acceptors (Lipinski definition) is 4. The highest BCUT2D eigenvalue weighted by Crippen LogP contribution is 2.29. The molecule has 1 aliphatic rings. The van der Waals surface area contributed by atoms with Gasteiger partial charge in [0.25, 0.3) is 0 Å². The van der Waals surface area contributed by atoms with Gasteiger partial charge in [0.15, 0.2) is 0 Å². The molecular formula is C23H28ClFN4O. The van der Waals surface area contributed by atoms with Gasteiger partial charge in [0, 0.05) is 11.6 Å². The number of hydrogen-bond donors (Lipinski definition) is 0. The number of pyridine rings is 1. The second kappa shape index (κ2) is 9.31. The minimum atomic E-state index is -0.266. The first kappa shape index (κ1) is 21.1. The highest BCUT2D eigenvalue weighted by atomic mass is 35.5. The van der Waals surface area contributed by atoms with E-state index in [0.717, 1.165) is 23.5 Å². The Balaban J connectivity index is 1.37. The van der Waals surface area contributed by atoms with Crippen LogP contribution in [-0.2, 0) is 0 Å². The van der Waals surface area contributed by atoms with Crippen molar-refractivity contribution in [3.05, 3.63) is 47.1 Å². The Bertz CT molecular complexity index is 1010. The average Bonchev–Trinajstić information content (AvgIpc) is 3.17. The number of unbranched alkanes of at least 4 members (excludes halogenated alkanes) is 1. The Kier molecular flexibility index (Phi) is 6.54. The number of benzene rings is 1. The number of ether oxygens (including phenoxy) is 1. The minimum absolute atomic E-state index is 0.266. The van der Waals surface area contributed by atoms with E-state index in [4.69, 9.17) is 16.3 Å². The normalized spacial score (nSPS) is 15.7. The van der Waals surface area contributed by atoms with E-state index in [1.807, 2.05) is 10.6 Å². The molecule has 3 heterocycles. The van der Waals surface area contributed by atoms with Gasteiger partial charge in [-0.2, -0.15) is 0 Å². The van der Waals surface area contributed by atoms with Gasteiger partial charge in [-0.1, -0.05) is 18.0 Å². The van der Waals surface area contributed by atoms with Gasteiger partial charge in [0.05, 0.1) is 34.5 Å². The van der Waals surface area contributed by atoms with Crippen molar-refractivity contribution in [2.75, 3.05) is 26.7 Å². The molecule has 0 radical (unpaired) electrons. The third-order valence-electron chi connectivity index (χ3n) is 6.07. The van der Waals surface area contributed by atoms with Gasteiger partial charge in [0.2, 0.25) is 5.88 Å². The number of halogens is 2. The summed E-state index contributed by atoms with van der Waals surface area (Å²) < 4.78 is 21.6. The van der Waals surface area contributed by atoms with Crippen LogP contribution in [-0.4, -0.2) is 46.2 Å². The van der Waals surface area contributed by atoms with Crippen LogP contribution in [0.2, 0.25) is 5.02 Å². The van der Waals surface area contributed by atoms with Crippen LogP contribution in [0.4, 0.5) is 4.39 Å². The summed E-state index contributed by atoms with van der Waals surface area (Å²) in [6, 6.07) is 4.98. The molecule has 2 aromatic heterocycles. The lowest BCUT2D eigenvalue weighted by atomic mass is 9.92. The van der Waals surface area contributed by atoms with E-state index in [-0.39, 0.29) is 5.82 Å². The van der Waals surface area contributed by atoms with Crippen LogP contribution in [0.3, 0.4) is 0 Å². The molecule has 30 heavy (non-hydrogen) atoms. The number of imidazole rings is 1. The Hall–Kier alpha value is -2.18. The molecule has 1 aliphatic heterocycles. The van der Waals surface area contributed by atoms with E-state index in [1.54, 1.807) is 25.5 Å². The fraction of sp³-hybridized carbons (Fsp3) is 0.478. The Morgan fingerprint density at radius 1 is 1.20 bits per heavy atom. The molecule has 0 spiro atoms. The van der Waals surface area contributed by atoms with Gasteiger partial charge >= 0.3 is 0 Å². The number of nitrogens with zero attached hydrogens (tertiary/aromatic N) is 4. The van der Waals surface area contributed by atoms with Gasteiger partial charge in [-0.25, -0.2) is 14.4 Å². The SMILES string of the molecule is Cc1c(F)ccc2c1ncn2-c1cc(OCCCCC2CCN(C)CC2)ncc1Cl. The molecule has 0 unspecified atom stereocenters. The number of aromatic nitrogens is 3. The maximum Gasteiger partial charge on any atom is 0.215 e. The van der Waals surface area contributed by atoms with Crippen molar-refractivity contribution in [2.45, 2.75) is 39.0 Å². The van der Waals surface area contributed by atoms with Crippen LogP contribution in [0.1, 0.15) is 37.7 Å². The second-order valence-electron chi connectivity index (χ2n) is 8.22. The number of piperidine rings is 1. The first-order chi connectivity index (χ1) is 14.5. The topological polar surface area (TPSA) is 43.2 Å². The van der Waals surface area contributed by atoms with Gasteiger partial charge < -0.3 is 9.64 Å². The molecule has 1 fully saturated rings. The Labute approximate surface area is 181 Å². The van der Waals surface area contributed by atoms with Gasteiger partial charge in [0.1, 0.15) is 12.1 Å². The summed E-state index contributed by atoms with van der Waals surface area (Å²) in [6.45, 7) is 4.79. The Morgan fingerprint density at radius 3 is 2.80 bits per heavy atom. The maximum atomic E-state index is 13.8. The lowest BCUT2D eigenvalue weighted by Crippen LogP contribution is -2.30. The quantitative estimate of drug-likeness (QED) is 0.470. The summed E-state index contributed by atoms with van der Waals surface area (Å²) in [5.74, 6) is 1.12. The van der Waals surface area contributed by atoms with Crippen LogP contribution in [0, 0.1) is 18.7 Å². The van der Waals surface area contributed by atoms with Crippen LogP contribution in [0.15, 0.2) is 30.7 Å². The van der Waals surface area contributed by atoms with Gasteiger partial charge in [-0.05, 0) is 70.8 Å². The number of rotatable bonds is 7. The van der Waals surface area contributed by atoms with E-state index < -0.39 is 0 Å². The molecule has 0 saturated carbocycles. The highest BCUT2D eigenvalue weighted by Gasteiger charge is 2.16. The number of aryl methyl sites for hydroxylation is 1. The molecule has 1 aromatic carbocycles. The molecule has 160 valence electrons. The lowest BCUT2D eigenvalue weighted by Gasteiger charge is -2.28. The standard InChI is InChI=1S/C23H28ClFN4O/c1-16-19(25)6-7-20-23(16)27-15-29(20)21-13-22(26-14-18(21)24)30-12-4-3-5-17-8-10-28(2)11-9-17/h6-7,13-15,17H,3-5,8-12H2,1-2H3. The molecule has 3 aromatic rings. The smallest absolute Gasteiger partial charge is 0.215 e. The zero-order valence-electron chi connectivity index (χ0n) is 17.6. The van der Waals surface area contributed by atoms with E-state index in [1.165, 1.54) is 44.8 Å². The van der Waals surface area contributed by atoms with Crippen LogP contribution >= 0.6 is 11.6 Å². The molecule has 0 bridgehead atoms. The molecule has 5 nitrogen and oxygen atoms in total. The lowest BCUT2D eigenvalue weighted by molar-refractivity contribution is 0.205. The second-order valence-corrected chi connectivity index (χ2v) is 8.63. The van der Waals surface area contributed by atoms with Crippen LogP contribution < -0.4 is 4.74 Å². The zero-order chi connectivity index (χ0) is 21.1. The molecule has 7 heteroatoms.